The van der Waals surface area contributed by atoms with Crippen molar-refractivity contribution in [3.05, 3.63) is 0 Å². The Balaban J connectivity index is 4.75. The van der Waals surface area contributed by atoms with Gasteiger partial charge in [-0.3, -0.25) is 14.4 Å². The van der Waals surface area contributed by atoms with Crippen LogP contribution in [0.3, 0.4) is 0 Å². The van der Waals surface area contributed by atoms with Crippen LogP contribution in [-0.2, 0) is 33.4 Å². The van der Waals surface area contributed by atoms with Crippen LogP contribution in [0, 0.1) is 0 Å². The average molecular weight is 388 g/mol. The lowest BCUT2D eigenvalue weighted by molar-refractivity contribution is -0.156. The Kier molecular flexibility index (Phi) is 9.43. The van der Waals surface area contributed by atoms with E-state index in [1.165, 1.54) is 0 Å². The number of methoxy groups -OCH3 is 1. The van der Waals surface area contributed by atoms with Crippen LogP contribution in [0.4, 0.5) is 0 Å². The van der Waals surface area contributed by atoms with Crippen molar-refractivity contribution < 1.29 is 33.4 Å². The van der Waals surface area contributed by atoms with Crippen molar-refractivity contribution in [3.63, 3.8) is 0 Å². The number of hydrogen-bond donors (Lipinski definition) is 2. The predicted molar refractivity (Wildman–Crippen MR) is 97.5 cm³/mol. The van der Waals surface area contributed by atoms with E-state index in [9.17, 15) is 19.2 Å². The first-order valence-corrected chi connectivity index (χ1v) is 8.72. The number of carbonyl (C=O) groups is 4. The number of esters is 3. The summed E-state index contributed by atoms with van der Waals surface area (Å²) in [5.41, 5.74) is 4.35. The zero-order chi connectivity index (χ0) is 21.4. The van der Waals surface area contributed by atoms with Gasteiger partial charge in [0.2, 0.25) is 5.91 Å². The van der Waals surface area contributed by atoms with E-state index in [0.717, 1.165) is 7.11 Å². The number of carbonyl (C=O) groups excluding carboxylic acids is 4. The zero-order valence-electron chi connectivity index (χ0n) is 17.2. The first kappa shape index (κ1) is 24.8. The van der Waals surface area contributed by atoms with Gasteiger partial charge >= 0.3 is 17.9 Å². The van der Waals surface area contributed by atoms with Crippen molar-refractivity contribution in [1.82, 2.24) is 5.32 Å². The summed E-state index contributed by atoms with van der Waals surface area (Å²) in [5, 5.41) is 2.40. The molecule has 0 heterocycles. The standard InChI is InChI=1S/C18H32N2O7/c1-17(2,3)26-13(21)9-8-12(16(24)25-7)20-15(23)11(19)10-14(22)27-18(4,5)6/h11-12H,8-10,19H2,1-7H3,(H,20,23)/t11-,12-/m0/s1. The van der Waals surface area contributed by atoms with Crippen LogP contribution in [0.1, 0.15) is 60.8 Å². The van der Waals surface area contributed by atoms with Crippen LogP contribution >= 0.6 is 0 Å². The van der Waals surface area contributed by atoms with Gasteiger partial charge in [-0.25, -0.2) is 4.79 Å². The smallest absolute Gasteiger partial charge is 0.328 e. The number of rotatable bonds is 8. The minimum absolute atomic E-state index is 0.0213. The third-order valence-electron chi connectivity index (χ3n) is 3.00. The molecule has 0 aromatic heterocycles. The molecule has 0 saturated carbocycles. The Bertz CT molecular complexity index is 547. The van der Waals surface area contributed by atoms with E-state index in [1.807, 2.05) is 0 Å². The third kappa shape index (κ3) is 12.0. The highest BCUT2D eigenvalue weighted by atomic mass is 16.6. The summed E-state index contributed by atoms with van der Waals surface area (Å²) in [6.07, 6.45) is -0.464. The fourth-order valence-corrected chi connectivity index (χ4v) is 1.98. The fourth-order valence-electron chi connectivity index (χ4n) is 1.98. The summed E-state index contributed by atoms with van der Waals surface area (Å²) in [6, 6.07) is -2.28. The normalized spacial score (nSPS) is 13.9. The maximum Gasteiger partial charge on any atom is 0.328 e. The van der Waals surface area contributed by atoms with Gasteiger partial charge in [-0.1, -0.05) is 0 Å². The zero-order valence-corrected chi connectivity index (χ0v) is 17.2. The summed E-state index contributed by atoms with van der Waals surface area (Å²) in [4.78, 5) is 47.6. The number of amides is 1. The van der Waals surface area contributed by atoms with Gasteiger partial charge in [0.25, 0.3) is 0 Å². The van der Waals surface area contributed by atoms with Crippen molar-refractivity contribution in [2.45, 2.75) is 84.1 Å². The van der Waals surface area contributed by atoms with Crippen LogP contribution in [0.15, 0.2) is 0 Å². The predicted octanol–water partition coefficient (Wildman–Crippen LogP) is 0.825. The minimum atomic E-state index is -1.20. The Hall–Kier alpha value is -2.16. The highest BCUT2D eigenvalue weighted by Crippen LogP contribution is 2.11. The molecule has 27 heavy (non-hydrogen) atoms. The SMILES string of the molecule is COC(=O)[C@H](CCC(=O)OC(C)(C)C)NC(=O)[C@@H](N)CC(=O)OC(C)(C)C. The summed E-state index contributed by atoms with van der Waals surface area (Å²) in [5.74, 6) is -2.59. The molecule has 156 valence electrons. The molecule has 0 unspecified atom stereocenters. The maximum atomic E-state index is 12.2. The molecule has 9 heteroatoms. The molecule has 0 saturated heterocycles. The molecule has 0 aromatic rings. The third-order valence-corrected chi connectivity index (χ3v) is 3.00. The van der Waals surface area contributed by atoms with Crippen molar-refractivity contribution in [1.29, 1.82) is 0 Å². The maximum absolute atomic E-state index is 12.2. The molecule has 0 fully saturated rings. The van der Waals surface area contributed by atoms with Crippen molar-refractivity contribution in [2.24, 2.45) is 5.73 Å². The highest BCUT2D eigenvalue weighted by molar-refractivity contribution is 5.90. The van der Waals surface area contributed by atoms with Crippen molar-refractivity contribution >= 4 is 23.8 Å². The Morgan fingerprint density at radius 1 is 0.926 bits per heavy atom. The van der Waals surface area contributed by atoms with Crippen molar-refractivity contribution in [2.75, 3.05) is 7.11 Å². The monoisotopic (exact) mass is 388 g/mol. The topological polar surface area (TPSA) is 134 Å². The molecule has 0 bridgehead atoms. The average Bonchev–Trinajstić information content (AvgIpc) is 2.46. The molecule has 0 rings (SSSR count). The van der Waals surface area contributed by atoms with Crippen LogP contribution in [0.2, 0.25) is 0 Å². The second-order valence-corrected chi connectivity index (χ2v) is 8.11. The molecule has 9 nitrogen and oxygen atoms in total. The molecule has 0 radical (unpaired) electrons. The van der Waals surface area contributed by atoms with Gasteiger partial charge in [-0.15, -0.1) is 0 Å². The number of hydrogen-bond acceptors (Lipinski definition) is 8. The lowest BCUT2D eigenvalue weighted by atomic mass is 10.1. The van der Waals surface area contributed by atoms with Gasteiger partial charge < -0.3 is 25.3 Å². The molecule has 3 N–H and O–H groups in total. The molecule has 0 spiro atoms. The van der Waals surface area contributed by atoms with Crippen molar-refractivity contribution in [3.8, 4) is 0 Å². The van der Waals surface area contributed by atoms with E-state index < -0.39 is 47.1 Å². The Labute approximate surface area is 160 Å². The van der Waals surface area contributed by atoms with E-state index in [1.54, 1.807) is 41.5 Å². The largest absolute Gasteiger partial charge is 0.467 e. The molecule has 0 aliphatic heterocycles. The summed E-state index contributed by atoms with van der Waals surface area (Å²) in [6.45, 7) is 10.3. The summed E-state index contributed by atoms with van der Waals surface area (Å²) >= 11 is 0. The van der Waals surface area contributed by atoms with Crippen LogP contribution < -0.4 is 11.1 Å². The molecule has 1 amide bonds. The molecular formula is C18H32N2O7. The lowest BCUT2D eigenvalue weighted by Gasteiger charge is -2.22. The molecule has 0 aromatic carbocycles. The van der Waals surface area contributed by atoms with Gasteiger partial charge in [-0.05, 0) is 48.0 Å². The summed E-state index contributed by atoms with van der Waals surface area (Å²) < 4.78 is 14.9. The molecule has 2 atom stereocenters. The van der Waals surface area contributed by atoms with Gasteiger partial charge in [0.05, 0.1) is 19.6 Å². The number of nitrogens with one attached hydrogen (secondary N) is 1. The van der Waals surface area contributed by atoms with Gasteiger partial charge in [-0.2, -0.15) is 0 Å². The molecular weight excluding hydrogens is 356 g/mol. The first-order chi connectivity index (χ1) is 12.1. The van der Waals surface area contributed by atoms with E-state index in [0.29, 0.717) is 0 Å². The second kappa shape index (κ2) is 10.2. The van der Waals surface area contributed by atoms with Gasteiger partial charge in [0, 0.05) is 6.42 Å². The number of nitrogens with two attached hydrogens (primary N) is 1. The quantitative estimate of drug-likeness (QED) is 0.461. The second-order valence-electron chi connectivity index (χ2n) is 8.11. The molecule has 0 aliphatic rings. The van der Waals surface area contributed by atoms with E-state index in [2.05, 4.69) is 10.1 Å². The van der Waals surface area contributed by atoms with Gasteiger partial charge in [0.1, 0.15) is 17.2 Å². The Morgan fingerprint density at radius 2 is 1.41 bits per heavy atom. The fraction of sp³-hybridized carbons (Fsp3) is 0.778. The van der Waals surface area contributed by atoms with Crippen LogP contribution in [-0.4, -0.2) is 54.2 Å². The van der Waals surface area contributed by atoms with E-state index in [4.69, 9.17) is 15.2 Å². The number of ether oxygens (including phenoxy) is 3. The van der Waals surface area contributed by atoms with E-state index >= 15 is 0 Å². The Morgan fingerprint density at radius 3 is 1.85 bits per heavy atom. The minimum Gasteiger partial charge on any atom is -0.467 e. The lowest BCUT2D eigenvalue weighted by Crippen LogP contribution is -2.50. The summed E-state index contributed by atoms with van der Waals surface area (Å²) in [7, 11) is 1.16. The first-order valence-electron chi connectivity index (χ1n) is 8.72. The van der Waals surface area contributed by atoms with Crippen LogP contribution in [0.25, 0.3) is 0 Å². The van der Waals surface area contributed by atoms with Gasteiger partial charge in [0.15, 0.2) is 0 Å². The molecule has 0 aliphatic carbocycles. The highest BCUT2D eigenvalue weighted by Gasteiger charge is 2.28. The van der Waals surface area contributed by atoms with E-state index in [-0.39, 0.29) is 19.3 Å². The van der Waals surface area contributed by atoms with Crippen LogP contribution in [0.5, 0.6) is 0 Å².